The number of hydrogen-bond acceptors (Lipinski definition) is 4. The minimum absolute atomic E-state index is 0.224. The third kappa shape index (κ3) is 2.88. The molecular weight excluding hydrogens is 390 g/mol. The lowest BCUT2D eigenvalue weighted by Crippen LogP contribution is -2.24. The number of fused-ring (bicyclic) bond motifs is 2. The second-order valence-corrected chi connectivity index (χ2v) is 15.2. The SMILES string of the molecule is CCCC[P@]1(=O)COc2cccc(-c3cccc4c3[P@](=O)(C(C)(C)C)CO4)c21. The van der Waals surface area contributed by atoms with Gasteiger partial charge in [0, 0.05) is 11.3 Å². The van der Waals surface area contributed by atoms with E-state index in [-0.39, 0.29) is 12.7 Å². The molecule has 0 unspecified atom stereocenters. The van der Waals surface area contributed by atoms with Gasteiger partial charge < -0.3 is 18.6 Å². The van der Waals surface area contributed by atoms with Crippen LogP contribution in [0.15, 0.2) is 36.4 Å². The smallest absolute Gasteiger partial charge is 0.160 e. The lowest BCUT2D eigenvalue weighted by molar-refractivity contribution is 0.389. The Hall–Kier alpha value is -1.50. The van der Waals surface area contributed by atoms with Gasteiger partial charge in [-0.25, -0.2) is 0 Å². The first-order valence-corrected chi connectivity index (χ1v) is 13.9. The first kappa shape index (κ1) is 19.8. The lowest BCUT2D eigenvalue weighted by atomic mass is 10.0. The van der Waals surface area contributed by atoms with E-state index in [2.05, 4.69) is 6.92 Å². The summed E-state index contributed by atoms with van der Waals surface area (Å²) in [4.78, 5) is 0. The van der Waals surface area contributed by atoms with Gasteiger partial charge in [0.2, 0.25) is 0 Å². The van der Waals surface area contributed by atoms with E-state index in [4.69, 9.17) is 9.47 Å². The Balaban J connectivity index is 1.96. The molecule has 0 radical (unpaired) electrons. The van der Waals surface area contributed by atoms with Gasteiger partial charge in [-0.2, -0.15) is 0 Å². The molecule has 2 aliphatic heterocycles. The van der Waals surface area contributed by atoms with Crippen molar-refractivity contribution >= 4 is 24.9 Å². The van der Waals surface area contributed by atoms with Gasteiger partial charge in [0.15, 0.2) is 14.3 Å². The molecule has 0 aliphatic carbocycles. The summed E-state index contributed by atoms with van der Waals surface area (Å²) in [5, 5.41) is 1.21. The van der Waals surface area contributed by atoms with Crippen molar-refractivity contribution in [3.05, 3.63) is 36.4 Å². The van der Waals surface area contributed by atoms with Crippen LogP contribution in [0, 0.1) is 0 Å². The van der Waals surface area contributed by atoms with Crippen LogP contribution in [-0.2, 0) is 9.13 Å². The van der Waals surface area contributed by atoms with Crippen LogP contribution in [-0.4, -0.2) is 24.0 Å². The van der Waals surface area contributed by atoms with E-state index in [1.54, 1.807) is 0 Å². The zero-order valence-electron chi connectivity index (χ0n) is 17.0. The Kier molecular flexibility index (Phi) is 4.80. The minimum atomic E-state index is -2.79. The number of ether oxygens (including phenoxy) is 2. The summed E-state index contributed by atoms with van der Waals surface area (Å²) in [7, 11) is -5.43. The monoisotopic (exact) mass is 418 g/mol. The molecule has 2 aromatic rings. The topological polar surface area (TPSA) is 52.6 Å². The van der Waals surface area contributed by atoms with E-state index < -0.39 is 19.4 Å². The molecule has 6 heteroatoms. The van der Waals surface area contributed by atoms with E-state index in [1.165, 1.54) is 0 Å². The highest BCUT2D eigenvalue weighted by atomic mass is 31.2. The predicted octanol–water partition coefficient (Wildman–Crippen LogP) is 5.63. The van der Waals surface area contributed by atoms with Crippen molar-refractivity contribution in [2.75, 3.05) is 18.9 Å². The fourth-order valence-electron chi connectivity index (χ4n) is 4.09. The van der Waals surface area contributed by atoms with Gasteiger partial charge in [0.25, 0.3) is 0 Å². The van der Waals surface area contributed by atoms with E-state index >= 15 is 0 Å². The molecule has 2 aromatic carbocycles. The van der Waals surface area contributed by atoms with Gasteiger partial charge in [0.05, 0.1) is 10.6 Å². The third-order valence-corrected chi connectivity index (χ3v) is 12.5. The average molecular weight is 418 g/mol. The second-order valence-electron chi connectivity index (χ2n) is 8.73. The van der Waals surface area contributed by atoms with Crippen LogP contribution in [0.1, 0.15) is 40.5 Å². The fourth-order valence-corrected chi connectivity index (χ4v) is 9.51. The van der Waals surface area contributed by atoms with Crippen LogP contribution >= 0.6 is 14.3 Å². The number of unbranched alkanes of at least 4 members (excludes halogenated alkanes) is 1. The maximum atomic E-state index is 14.1. The summed E-state index contributed by atoms with van der Waals surface area (Å²) in [5.41, 5.74) is 1.77. The van der Waals surface area contributed by atoms with Crippen molar-refractivity contribution in [2.24, 2.45) is 0 Å². The Morgan fingerprint density at radius 3 is 2.07 bits per heavy atom. The van der Waals surface area contributed by atoms with Crippen molar-refractivity contribution < 1.29 is 18.6 Å². The highest BCUT2D eigenvalue weighted by molar-refractivity contribution is 7.74. The Labute approximate surface area is 167 Å². The van der Waals surface area contributed by atoms with Gasteiger partial charge in [-0.1, -0.05) is 58.4 Å². The van der Waals surface area contributed by atoms with Crippen molar-refractivity contribution in [1.82, 2.24) is 0 Å². The summed E-state index contributed by atoms with van der Waals surface area (Å²) < 4.78 is 39.6. The van der Waals surface area contributed by atoms with E-state index in [0.29, 0.717) is 17.7 Å². The molecule has 150 valence electrons. The summed E-state index contributed by atoms with van der Waals surface area (Å²) in [6.07, 6.45) is 3.04. The predicted molar refractivity (Wildman–Crippen MR) is 117 cm³/mol. The van der Waals surface area contributed by atoms with Crippen molar-refractivity contribution in [2.45, 2.75) is 45.7 Å². The summed E-state index contributed by atoms with van der Waals surface area (Å²) in [6.45, 7) is 8.13. The van der Waals surface area contributed by atoms with Crippen molar-refractivity contribution in [1.29, 1.82) is 0 Å². The highest BCUT2D eigenvalue weighted by Crippen LogP contribution is 2.63. The van der Waals surface area contributed by atoms with E-state index in [0.717, 1.165) is 34.6 Å². The van der Waals surface area contributed by atoms with E-state index in [1.807, 2.05) is 57.2 Å². The Morgan fingerprint density at radius 2 is 1.46 bits per heavy atom. The first-order valence-electron chi connectivity index (χ1n) is 9.92. The molecule has 4 nitrogen and oxygen atoms in total. The molecule has 2 heterocycles. The number of rotatable bonds is 4. The largest absolute Gasteiger partial charge is 0.485 e. The summed E-state index contributed by atoms with van der Waals surface area (Å²) in [5.74, 6) is 1.40. The van der Waals surface area contributed by atoms with Gasteiger partial charge in [-0.3, -0.25) is 0 Å². The highest BCUT2D eigenvalue weighted by Gasteiger charge is 2.47. The third-order valence-electron chi connectivity index (χ3n) is 5.84. The zero-order valence-corrected chi connectivity index (χ0v) is 18.8. The van der Waals surface area contributed by atoms with Gasteiger partial charge in [-0.05, 0) is 29.7 Å². The molecule has 0 aromatic heterocycles. The average Bonchev–Trinajstić information content (AvgIpc) is 3.19. The van der Waals surface area contributed by atoms with Crippen LogP contribution in [0.5, 0.6) is 11.5 Å². The van der Waals surface area contributed by atoms with Crippen LogP contribution < -0.4 is 20.1 Å². The molecule has 0 saturated carbocycles. The Morgan fingerprint density at radius 1 is 0.893 bits per heavy atom. The van der Waals surface area contributed by atoms with Crippen LogP contribution in [0.25, 0.3) is 11.1 Å². The second kappa shape index (κ2) is 6.78. The lowest BCUT2D eigenvalue weighted by Gasteiger charge is -2.28. The molecule has 0 saturated heterocycles. The standard InChI is InChI=1S/C22H28O4P2/c1-5-6-13-27(23)14-25-18-11-7-9-16(20(18)27)17-10-8-12-19-21(17)28(24,15-26-19)22(2,3)4/h7-12H,5-6,13-15H2,1-4H3/t27-,28-/m0/s1. The van der Waals surface area contributed by atoms with Crippen LogP contribution in [0.4, 0.5) is 0 Å². The van der Waals surface area contributed by atoms with Gasteiger partial charge >= 0.3 is 0 Å². The maximum Gasteiger partial charge on any atom is 0.160 e. The minimum Gasteiger partial charge on any atom is -0.485 e. The van der Waals surface area contributed by atoms with E-state index in [9.17, 15) is 9.13 Å². The molecule has 0 amide bonds. The Bertz CT molecular complexity index is 1020. The quantitative estimate of drug-likeness (QED) is 0.604. The molecule has 2 atom stereocenters. The molecule has 28 heavy (non-hydrogen) atoms. The van der Waals surface area contributed by atoms with Crippen LogP contribution in [0.3, 0.4) is 0 Å². The maximum absolute atomic E-state index is 14.1. The molecule has 0 N–H and O–H groups in total. The zero-order chi connectivity index (χ0) is 20.2. The molecule has 0 spiro atoms. The fraction of sp³-hybridized carbons (Fsp3) is 0.455. The number of hydrogen-bond donors (Lipinski definition) is 0. The van der Waals surface area contributed by atoms with Crippen LogP contribution in [0.2, 0.25) is 0 Å². The molecule has 2 aliphatic rings. The molecule has 4 rings (SSSR count). The first-order chi connectivity index (χ1) is 13.2. The van der Waals surface area contributed by atoms with Crippen molar-refractivity contribution in [3.63, 3.8) is 0 Å². The molecule has 0 bridgehead atoms. The van der Waals surface area contributed by atoms with Crippen molar-refractivity contribution in [3.8, 4) is 22.6 Å². The summed E-state index contributed by atoms with van der Waals surface area (Å²) in [6, 6.07) is 11.6. The number of benzene rings is 2. The summed E-state index contributed by atoms with van der Waals surface area (Å²) >= 11 is 0. The van der Waals surface area contributed by atoms with Gasteiger partial charge in [0.1, 0.15) is 24.2 Å². The molecule has 0 fully saturated rings. The normalized spacial score (nSPS) is 25.7. The molecular formula is C22H28O4P2. The van der Waals surface area contributed by atoms with Gasteiger partial charge in [-0.15, -0.1) is 0 Å².